The molecule has 0 aromatic heterocycles. The van der Waals surface area contributed by atoms with Crippen molar-refractivity contribution in [3.63, 3.8) is 0 Å². The fraction of sp³-hybridized carbons (Fsp3) is 0.381. The molecule has 2 aromatic rings. The van der Waals surface area contributed by atoms with Crippen LogP contribution in [0.25, 0.3) is 0 Å². The van der Waals surface area contributed by atoms with Gasteiger partial charge in [0.25, 0.3) is 0 Å². The second-order valence-corrected chi connectivity index (χ2v) is 8.65. The Morgan fingerprint density at radius 3 is 2.36 bits per heavy atom. The van der Waals surface area contributed by atoms with Crippen LogP contribution in [0.5, 0.6) is 0 Å². The summed E-state index contributed by atoms with van der Waals surface area (Å²) in [7, 11) is -1.53. The molecule has 0 atom stereocenters. The summed E-state index contributed by atoms with van der Waals surface area (Å²) in [6.07, 6.45) is 0.953. The van der Waals surface area contributed by atoms with E-state index in [2.05, 4.69) is 34.1 Å². The normalized spacial score (nSPS) is 11.5. The minimum Gasteiger partial charge on any atom is -0.356 e. The topological polar surface area (TPSA) is 78.5 Å². The predicted molar refractivity (Wildman–Crippen MR) is 111 cm³/mol. The van der Waals surface area contributed by atoms with E-state index in [1.165, 1.54) is 5.56 Å². The highest BCUT2D eigenvalue weighted by Crippen LogP contribution is 2.09. The third-order valence-corrected chi connectivity index (χ3v) is 5.79. The fourth-order valence-electron chi connectivity index (χ4n) is 2.74. The lowest BCUT2D eigenvalue weighted by atomic mass is 10.2. The highest BCUT2D eigenvalue weighted by molar-refractivity contribution is 7.89. The number of amides is 1. The number of aryl methyl sites for hydroxylation is 1. The first-order valence-electron chi connectivity index (χ1n) is 9.42. The Hall–Kier alpha value is -2.22. The van der Waals surface area contributed by atoms with Gasteiger partial charge in [0.05, 0.1) is 4.90 Å². The van der Waals surface area contributed by atoms with Crippen LogP contribution in [0.2, 0.25) is 0 Å². The van der Waals surface area contributed by atoms with Gasteiger partial charge in [0.15, 0.2) is 0 Å². The molecular weight excluding hydrogens is 374 g/mol. The lowest BCUT2D eigenvalue weighted by molar-refractivity contribution is -0.120. The Morgan fingerprint density at radius 2 is 1.68 bits per heavy atom. The van der Waals surface area contributed by atoms with Gasteiger partial charge < -0.3 is 10.2 Å². The van der Waals surface area contributed by atoms with Gasteiger partial charge in [0.2, 0.25) is 15.9 Å². The van der Waals surface area contributed by atoms with E-state index in [0.29, 0.717) is 6.54 Å². The Balaban J connectivity index is 1.60. The van der Waals surface area contributed by atoms with E-state index >= 15 is 0 Å². The lowest BCUT2D eigenvalue weighted by Crippen LogP contribution is -2.32. The molecule has 1 amide bonds. The van der Waals surface area contributed by atoms with Crippen molar-refractivity contribution < 1.29 is 13.2 Å². The number of nitrogens with zero attached hydrogens (tertiary/aromatic N) is 1. The molecule has 2 rings (SSSR count). The third-order valence-electron chi connectivity index (χ3n) is 4.31. The zero-order chi connectivity index (χ0) is 20.4. The van der Waals surface area contributed by atoms with Gasteiger partial charge >= 0.3 is 0 Å². The first kappa shape index (κ1) is 22.1. The third kappa shape index (κ3) is 7.80. The van der Waals surface area contributed by atoms with Crippen LogP contribution in [0.1, 0.15) is 24.0 Å². The largest absolute Gasteiger partial charge is 0.356 e. The number of benzene rings is 2. The summed E-state index contributed by atoms with van der Waals surface area (Å²) in [6.45, 7) is 4.29. The number of hydrogen-bond donors (Lipinski definition) is 2. The number of sulfonamides is 1. The highest BCUT2D eigenvalue weighted by Gasteiger charge is 2.13. The van der Waals surface area contributed by atoms with Gasteiger partial charge in [0.1, 0.15) is 0 Å². The van der Waals surface area contributed by atoms with Gasteiger partial charge in [-0.25, -0.2) is 13.1 Å². The molecule has 28 heavy (non-hydrogen) atoms. The molecule has 0 aliphatic rings. The van der Waals surface area contributed by atoms with Crippen molar-refractivity contribution in [3.05, 3.63) is 65.7 Å². The summed E-state index contributed by atoms with van der Waals surface area (Å²) in [6, 6.07) is 16.8. The zero-order valence-electron chi connectivity index (χ0n) is 16.5. The average Bonchev–Trinajstić information content (AvgIpc) is 2.66. The van der Waals surface area contributed by atoms with Crippen LogP contribution in [0.3, 0.4) is 0 Å². The second-order valence-electron chi connectivity index (χ2n) is 6.89. The van der Waals surface area contributed by atoms with Crippen LogP contribution >= 0.6 is 0 Å². The van der Waals surface area contributed by atoms with Crippen LogP contribution in [0, 0.1) is 6.92 Å². The van der Waals surface area contributed by atoms with Crippen molar-refractivity contribution in [2.75, 3.05) is 26.7 Å². The highest BCUT2D eigenvalue weighted by atomic mass is 32.2. The van der Waals surface area contributed by atoms with Crippen LogP contribution < -0.4 is 10.0 Å². The summed E-state index contributed by atoms with van der Waals surface area (Å²) < 4.78 is 26.8. The molecule has 0 unspecified atom stereocenters. The molecule has 0 fully saturated rings. The molecule has 7 heteroatoms. The number of carbonyl (C=O) groups is 1. The monoisotopic (exact) mass is 403 g/mol. The molecule has 0 saturated heterocycles. The second kappa shape index (κ2) is 10.9. The summed E-state index contributed by atoms with van der Waals surface area (Å²) >= 11 is 0. The smallest absolute Gasteiger partial charge is 0.240 e. The first-order valence-corrected chi connectivity index (χ1v) is 10.9. The first-order chi connectivity index (χ1) is 13.4. The van der Waals surface area contributed by atoms with E-state index < -0.39 is 10.0 Å². The van der Waals surface area contributed by atoms with Crippen LogP contribution in [-0.4, -0.2) is 45.9 Å². The maximum Gasteiger partial charge on any atom is 0.240 e. The van der Waals surface area contributed by atoms with Crippen LogP contribution in [0.15, 0.2) is 59.5 Å². The predicted octanol–water partition coefficient (Wildman–Crippen LogP) is 2.30. The summed E-state index contributed by atoms with van der Waals surface area (Å²) in [4.78, 5) is 14.3. The van der Waals surface area contributed by atoms with Crippen molar-refractivity contribution in [2.45, 2.75) is 31.2 Å². The molecular formula is C21H29N3O3S. The molecule has 0 aliphatic carbocycles. The minimum atomic E-state index is -3.58. The molecule has 152 valence electrons. The van der Waals surface area contributed by atoms with Gasteiger partial charge in [-0.15, -0.1) is 0 Å². The van der Waals surface area contributed by atoms with Gasteiger partial charge in [-0.2, -0.15) is 0 Å². The van der Waals surface area contributed by atoms with Crippen LogP contribution in [0.4, 0.5) is 0 Å². The number of hydrogen-bond acceptors (Lipinski definition) is 4. The number of nitrogens with one attached hydrogen (secondary N) is 2. The summed E-state index contributed by atoms with van der Waals surface area (Å²) in [5, 5.41) is 2.83. The Morgan fingerprint density at radius 1 is 1.00 bits per heavy atom. The van der Waals surface area contributed by atoms with E-state index in [1.54, 1.807) is 24.3 Å². The van der Waals surface area contributed by atoms with Gasteiger partial charge in [-0.1, -0.05) is 48.0 Å². The standard InChI is InChI=1S/C21H29N3O3S/c1-18-9-11-20(12-10-18)28(26,27)23-15-13-21(25)22-14-6-16-24(2)17-19-7-4-3-5-8-19/h3-5,7-12,23H,6,13-17H2,1-2H3,(H,22,25). The molecule has 2 N–H and O–H groups in total. The summed E-state index contributed by atoms with van der Waals surface area (Å²) in [5.41, 5.74) is 2.25. The maximum absolute atomic E-state index is 12.2. The van der Waals surface area contributed by atoms with E-state index in [4.69, 9.17) is 0 Å². The average molecular weight is 404 g/mol. The van der Waals surface area contributed by atoms with Crippen molar-refractivity contribution in [1.82, 2.24) is 14.9 Å². The van der Waals surface area contributed by atoms with E-state index in [0.717, 1.165) is 25.1 Å². The SMILES string of the molecule is Cc1ccc(S(=O)(=O)NCCC(=O)NCCCN(C)Cc2ccccc2)cc1. The Kier molecular flexibility index (Phi) is 8.63. The van der Waals surface area contributed by atoms with Gasteiger partial charge in [-0.05, 0) is 44.6 Å². The zero-order valence-corrected chi connectivity index (χ0v) is 17.3. The molecule has 0 saturated carbocycles. The molecule has 0 spiro atoms. The fourth-order valence-corrected chi connectivity index (χ4v) is 3.77. The molecule has 0 radical (unpaired) electrons. The van der Waals surface area contributed by atoms with Gasteiger partial charge in [0, 0.05) is 26.1 Å². The van der Waals surface area contributed by atoms with Crippen molar-refractivity contribution in [3.8, 4) is 0 Å². The summed E-state index contributed by atoms with van der Waals surface area (Å²) in [5.74, 6) is -0.155. The molecule has 6 nitrogen and oxygen atoms in total. The van der Waals surface area contributed by atoms with Crippen molar-refractivity contribution in [2.24, 2.45) is 0 Å². The number of rotatable bonds is 11. The van der Waals surface area contributed by atoms with E-state index in [9.17, 15) is 13.2 Å². The molecule has 0 bridgehead atoms. The minimum absolute atomic E-state index is 0.0793. The molecule has 0 aliphatic heterocycles. The quantitative estimate of drug-likeness (QED) is 0.565. The Bertz CT molecular complexity index is 837. The maximum atomic E-state index is 12.2. The van der Waals surface area contributed by atoms with Crippen molar-refractivity contribution >= 4 is 15.9 Å². The van der Waals surface area contributed by atoms with E-state index in [1.807, 2.05) is 25.1 Å². The molecule has 2 aromatic carbocycles. The lowest BCUT2D eigenvalue weighted by Gasteiger charge is -2.16. The van der Waals surface area contributed by atoms with Gasteiger partial charge in [-0.3, -0.25) is 4.79 Å². The van der Waals surface area contributed by atoms with Crippen LogP contribution in [-0.2, 0) is 21.4 Å². The Labute approximate surface area is 168 Å². The number of carbonyl (C=O) groups excluding carboxylic acids is 1. The molecule has 0 heterocycles. The van der Waals surface area contributed by atoms with E-state index in [-0.39, 0.29) is 23.8 Å². The van der Waals surface area contributed by atoms with Crippen molar-refractivity contribution in [1.29, 1.82) is 0 Å².